The predicted molar refractivity (Wildman–Crippen MR) is 90.0 cm³/mol. The van der Waals surface area contributed by atoms with E-state index in [4.69, 9.17) is 0 Å². The van der Waals surface area contributed by atoms with Gasteiger partial charge in [0.2, 0.25) is 0 Å². The Labute approximate surface area is 133 Å². The van der Waals surface area contributed by atoms with Crippen molar-refractivity contribution in [3.05, 3.63) is 71.3 Å². The van der Waals surface area contributed by atoms with Gasteiger partial charge in [-0.25, -0.2) is 0 Å². The zero-order valence-electron chi connectivity index (χ0n) is 12.2. The second-order valence-corrected chi connectivity index (χ2v) is 6.38. The van der Waals surface area contributed by atoms with E-state index >= 15 is 0 Å². The number of nitrogens with zero attached hydrogens (tertiary/aromatic N) is 1. The van der Waals surface area contributed by atoms with Crippen LogP contribution >= 0.6 is 12.4 Å². The van der Waals surface area contributed by atoms with Crippen LogP contribution in [0.15, 0.2) is 54.6 Å². The Kier molecular flexibility index (Phi) is 4.32. The van der Waals surface area contributed by atoms with Crippen molar-refractivity contribution in [1.29, 1.82) is 0 Å². The molecule has 2 aromatic carbocycles. The van der Waals surface area contributed by atoms with Crippen molar-refractivity contribution < 1.29 is 0 Å². The van der Waals surface area contributed by atoms with Crippen molar-refractivity contribution in [2.45, 2.75) is 25.3 Å². The average molecular weight is 300 g/mol. The lowest BCUT2D eigenvalue weighted by atomic mass is 9.74. The normalized spacial score (nSPS) is 24.0. The van der Waals surface area contributed by atoms with E-state index in [2.05, 4.69) is 59.5 Å². The first-order valence-electron chi connectivity index (χ1n) is 7.72. The Morgan fingerprint density at radius 1 is 0.905 bits per heavy atom. The van der Waals surface area contributed by atoms with Crippen LogP contribution in [0.4, 0.5) is 0 Å². The van der Waals surface area contributed by atoms with Crippen molar-refractivity contribution in [2.24, 2.45) is 5.92 Å². The third-order valence-electron chi connectivity index (χ3n) is 4.87. The highest BCUT2D eigenvalue weighted by Gasteiger charge is 2.33. The van der Waals surface area contributed by atoms with Crippen molar-refractivity contribution in [1.82, 2.24) is 4.90 Å². The van der Waals surface area contributed by atoms with Crippen molar-refractivity contribution >= 4 is 12.4 Å². The molecular formula is C19H22ClN. The van der Waals surface area contributed by atoms with E-state index in [1.54, 1.807) is 11.1 Å². The summed E-state index contributed by atoms with van der Waals surface area (Å²) < 4.78 is 0. The van der Waals surface area contributed by atoms with Crippen LogP contribution in [0.2, 0.25) is 0 Å². The molecule has 1 nitrogen and oxygen atoms in total. The maximum absolute atomic E-state index is 2.66. The lowest BCUT2D eigenvalue weighted by Crippen LogP contribution is -2.42. The molecule has 0 N–H and O–H groups in total. The first-order valence-corrected chi connectivity index (χ1v) is 7.72. The molecule has 1 saturated heterocycles. The molecule has 1 fully saturated rings. The zero-order chi connectivity index (χ0) is 13.4. The first-order chi connectivity index (χ1) is 9.88. The Morgan fingerprint density at radius 3 is 2.52 bits per heavy atom. The molecule has 2 unspecified atom stereocenters. The fourth-order valence-electron chi connectivity index (χ4n) is 4.08. The molecule has 1 aliphatic heterocycles. The van der Waals surface area contributed by atoms with E-state index < -0.39 is 0 Å². The van der Waals surface area contributed by atoms with Crippen LogP contribution in [0.1, 0.15) is 29.0 Å². The molecule has 0 amide bonds. The molecule has 2 bridgehead atoms. The largest absolute Gasteiger partial charge is 0.298 e. The van der Waals surface area contributed by atoms with Crippen LogP contribution < -0.4 is 0 Å². The van der Waals surface area contributed by atoms with Crippen molar-refractivity contribution in [2.75, 3.05) is 13.1 Å². The predicted octanol–water partition coefficient (Wildman–Crippen LogP) is 4.27. The molecular weight excluding hydrogens is 278 g/mol. The summed E-state index contributed by atoms with van der Waals surface area (Å²) in [4.78, 5) is 2.66. The van der Waals surface area contributed by atoms with Gasteiger partial charge in [-0.2, -0.15) is 0 Å². The highest BCUT2D eigenvalue weighted by atomic mass is 35.5. The molecule has 2 aromatic rings. The molecule has 2 atom stereocenters. The van der Waals surface area contributed by atoms with Gasteiger partial charge in [0.1, 0.15) is 0 Å². The minimum absolute atomic E-state index is 0. The van der Waals surface area contributed by atoms with Crippen LogP contribution in [-0.2, 0) is 13.0 Å². The second kappa shape index (κ2) is 6.21. The molecule has 4 rings (SSSR count). The van der Waals surface area contributed by atoms with E-state index in [-0.39, 0.29) is 12.4 Å². The average Bonchev–Trinajstić information content (AvgIpc) is 2.48. The van der Waals surface area contributed by atoms with Crippen LogP contribution in [0, 0.1) is 5.92 Å². The fourth-order valence-corrected chi connectivity index (χ4v) is 4.08. The van der Waals surface area contributed by atoms with Gasteiger partial charge in [0.25, 0.3) is 0 Å². The van der Waals surface area contributed by atoms with E-state index in [0.717, 1.165) is 18.4 Å². The molecule has 2 aliphatic rings. The smallest absolute Gasteiger partial charge is 0.0234 e. The standard InChI is InChI=1S/C19H21N.ClH/c1-2-6-15(7-3-1)12-20-13-16-10-17-8-4-5-9-19(17)18(11-16)14-20;/h1-9,16,18H,10-14H2;1H. The molecule has 0 saturated carbocycles. The molecule has 110 valence electrons. The number of piperidine rings is 1. The van der Waals surface area contributed by atoms with Crippen LogP contribution in [0.3, 0.4) is 0 Å². The van der Waals surface area contributed by atoms with Gasteiger partial charge in [0.15, 0.2) is 0 Å². The topological polar surface area (TPSA) is 3.24 Å². The minimum atomic E-state index is 0. The zero-order valence-corrected chi connectivity index (χ0v) is 13.1. The van der Waals surface area contributed by atoms with Crippen LogP contribution in [0.25, 0.3) is 0 Å². The number of halogens is 1. The van der Waals surface area contributed by atoms with Gasteiger partial charge in [-0.1, -0.05) is 54.6 Å². The van der Waals surface area contributed by atoms with Gasteiger partial charge in [0, 0.05) is 19.6 Å². The number of rotatable bonds is 2. The van der Waals surface area contributed by atoms with Gasteiger partial charge in [0.05, 0.1) is 0 Å². The van der Waals surface area contributed by atoms with E-state index in [0.29, 0.717) is 0 Å². The monoisotopic (exact) mass is 299 g/mol. The summed E-state index contributed by atoms with van der Waals surface area (Å²) in [5, 5.41) is 0. The van der Waals surface area contributed by atoms with Crippen LogP contribution in [-0.4, -0.2) is 18.0 Å². The number of hydrogen-bond acceptors (Lipinski definition) is 1. The van der Waals surface area contributed by atoms with E-state index in [1.807, 2.05) is 0 Å². The van der Waals surface area contributed by atoms with Crippen LogP contribution in [0.5, 0.6) is 0 Å². The summed E-state index contributed by atoms with van der Waals surface area (Å²) in [6, 6.07) is 20.0. The lowest BCUT2D eigenvalue weighted by Gasteiger charge is -2.42. The maximum Gasteiger partial charge on any atom is 0.0234 e. The Morgan fingerprint density at radius 2 is 1.67 bits per heavy atom. The van der Waals surface area contributed by atoms with Gasteiger partial charge < -0.3 is 0 Å². The molecule has 0 radical (unpaired) electrons. The number of fused-ring (bicyclic) bond motifs is 4. The Hall–Kier alpha value is -1.31. The van der Waals surface area contributed by atoms with Gasteiger partial charge >= 0.3 is 0 Å². The summed E-state index contributed by atoms with van der Waals surface area (Å²) in [5.74, 6) is 1.61. The summed E-state index contributed by atoms with van der Waals surface area (Å²) in [5.41, 5.74) is 4.66. The van der Waals surface area contributed by atoms with Gasteiger partial charge in [-0.3, -0.25) is 4.90 Å². The second-order valence-electron chi connectivity index (χ2n) is 6.38. The SMILES string of the molecule is Cl.c1ccc(CN2CC3Cc4ccccc4C(C3)C2)cc1. The molecule has 1 aliphatic carbocycles. The lowest BCUT2D eigenvalue weighted by molar-refractivity contribution is 0.138. The van der Waals surface area contributed by atoms with E-state index in [9.17, 15) is 0 Å². The molecule has 1 heterocycles. The molecule has 0 spiro atoms. The van der Waals surface area contributed by atoms with E-state index in [1.165, 1.54) is 31.5 Å². The van der Waals surface area contributed by atoms with Crippen molar-refractivity contribution in [3.63, 3.8) is 0 Å². The Bertz CT molecular complexity index is 596. The minimum Gasteiger partial charge on any atom is -0.298 e. The first kappa shape index (κ1) is 14.6. The molecule has 2 heteroatoms. The number of benzene rings is 2. The highest BCUT2D eigenvalue weighted by Crippen LogP contribution is 2.39. The molecule has 0 aromatic heterocycles. The number of likely N-dealkylation sites (tertiary alicyclic amines) is 1. The number of hydrogen-bond donors (Lipinski definition) is 0. The third kappa shape index (κ3) is 3.00. The van der Waals surface area contributed by atoms with Crippen molar-refractivity contribution in [3.8, 4) is 0 Å². The van der Waals surface area contributed by atoms with Gasteiger partial charge in [-0.15, -0.1) is 12.4 Å². The quantitative estimate of drug-likeness (QED) is 0.800. The summed E-state index contributed by atoms with van der Waals surface area (Å²) in [7, 11) is 0. The molecule has 21 heavy (non-hydrogen) atoms. The van der Waals surface area contributed by atoms with Gasteiger partial charge in [-0.05, 0) is 41.4 Å². The maximum atomic E-state index is 2.66. The summed E-state index contributed by atoms with van der Waals surface area (Å²) in [6.45, 7) is 3.60. The third-order valence-corrected chi connectivity index (χ3v) is 4.87. The fraction of sp³-hybridized carbons (Fsp3) is 0.368. The summed E-state index contributed by atoms with van der Waals surface area (Å²) in [6.07, 6.45) is 2.67. The summed E-state index contributed by atoms with van der Waals surface area (Å²) >= 11 is 0. The Balaban J connectivity index is 0.00000132. The highest BCUT2D eigenvalue weighted by molar-refractivity contribution is 5.85.